The van der Waals surface area contributed by atoms with E-state index in [0.29, 0.717) is 10.7 Å². The number of carbonyl (C=O) groups is 1. The summed E-state index contributed by atoms with van der Waals surface area (Å²) in [6, 6.07) is 18.2. The summed E-state index contributed by atoms with van der Waals surface area (Å²) in [6.07, 6.45) is 0. The number of benzene rings is 2. The molecule has 0 unspecified atom stereocenters. The van der Waals surface area contributed by atoms with Gasteiger partial charge in [-0.1, -0.05) is 54.6 Å². The van der Waals surface area contributed by atoms with Gasteiger partial charge in [-0.3, -0.25) is 4.79 Å². The number of nitrogens with one attached hydrogen (secondary N) is 2. The van der Waals surface area contributed by atoms with Crippen LogP contribution < -0.4 is 10.6 Å². The molecule has 0 bridgehead atoms. The first kappa shape index (κ1) is 17.2. The van der Waals surface area contributed by atoms with Crippen LogP contribution in [-0.2, 0) is 4.79 Å². The van der Waals surface area contributed by atoms with Crippen molar-refractivity contribution in [3.63, 3.8) is 0 Å². The highest BCUT2D eigenvalue weighted by atomic mass is 32.1. The molecule has 0 aliphatic carbocycles. The van der Waals surface area contributed by atoms with Gasteiger partial charge in [0.05, 0.1) is 11.6 Å². The number of nitrogens with zero attached hydrogens (tertiary/aromatic N) is 1. The van der Waals surface area contributed by atoms with Gasteiger partial charge in [-0.2, -0.15) is 0 Å². The minimum absolute atomic E-state index is 0.0304. The molecule has 1 aliphatic rings. The first-order chi connectivity index (χ1) is 12.0. The van der Waals surface area contributed by atoms with E-state index in [0.717, 1.165) is 16.8 Å². The third-order valence-corrected chi connectivity index (χ3v) is 4.48. The highest BCUT2D eigenvalue weighted by molar-refractivity contribution is 7.80. The summed E-state index contributed by atoms with van der Waals surface area (Å²) in [6.45, 7) is 1.88. The number of carbonyl (C=O) groups excluding carboxylic acids is 1. The minimum Gasteiger partial charge on any atom is -0.351 e. The lowest BCUT2D eigenvalue weighted by atomic mass is 9.93. The molecular formula is C20H21N3OS. The third-order valence-electron chi connectivity index (χ3n) is 4.26. The lowest BCUT2D eigenvalue weighted by molar-refractivity contribution is -0.125. The molecule has 0 spiro atoms. The van der Waals surface area contributed by atoms with Crippen molar-refractivity contribution in [3.05, 3.63) is 71.4 Å². The Labute approximate surface area is 153 Å². The second-order valence-corrected chi connectivity index (χ2v) is 6.67. The zero-order chi connectivity index (χ0) is 18.0. The first-order valence-corrected chi connectivity index (χ1v) is 8.53. The van der Waals surface area contributed by atoms with E-state index in [2.05, 4.69) is 34.9 Å². The molecule has 0 radical (unpaired) electrons. The van der Waals surface area contributed by atoms with E-state index < -0.39 is 0 Å². The lowest BCUT2D eigenvalue weighted by Crippen LogP contribution is -2.46. The molecule has 5 heteroatoms. The van der Waals surface area contributed by atoms with Gasteiger partial charge in [0.1, 0.15) is 0 Å². The number of hydrogen-bond acceptors (Lipinski definition) is 2. The number of rotatable bonds is 3. The molecule has 0 aromatic heterocycles. The number of hydrogen-bond donors (Lipinski definition) is 2. The van der Waals surface area contributed by atoms with Crippen LogP contribution >= 0.6 is 12.2 Å². The predicted molar refractivity (Wildman–Crippen MR) is 105 cm³/mol. The summed E-state index contributed by atoms with van der Waals surface area (Å²) in [5.74, 6) is -0.0304. The Kier molecular flexibility index (Phi) is 4.86. The number of amides is 1. The molecule has 3 rings (SSSR count). The minimum atomic E-state index is -0.256. The Morgan fingerprint density at radius 3 is 2.20 bits per heavy atom. The van der Waals surface area contributed by atoms with Gasteiger partial charge in [0.25, 0.3) is 5.91 Å². The first-order valence-electron chi connectivity index (χ1n) is 8.12. The van der Waals surface area contributed by atoms with Gasteiger partial charge in [0, 0.05) is 19.8 Å². The number of thiocarbonyl (C=S) groups is 1. The molecule has 1 atom stereocenters. The van der Waals surface area contributed by atoms with Gasteiger partial charge in [-0.25, -0.2) is 0 Å². The van der Waals surface area contributed by atoms with E-state index >= 15 is 0 Å². The average Bonchev–Trinajstić information content (AvgIpc) is 2.61. The Morgan fingerprint density at radius 2 is 1.60 bits per heavy atom. The van der Waals surface area contributed by atoms with Crippen molar-refractivity contribution in [2.24, 2.45) is 0 Å². The summed E-state index contributed by atoms with van der Waals surface area (Å²) in [4.78, 5) is 14.2. The van der Waals surface area contributed by atoms with Crippen molar-refractivity contribution < 1.29 is 4.79 Å². The Balaban J connectivity index is 1.97. The standard InChI is InChI=1S/C20H21N3OS/c1-13-17(19(24)23(2)3)18(22-20(25)21-13)16-11-9-15(10-12-16)14-7-5-4-6-8-14/h4-12,18H,1-3H3,(H2,21,22,25)/t18-/m0/s1. The fourth-order valence-electron chi connectivity index (χ4n) is 2.97. The highest BCUT2D eigenvalue weighted by Gasteiger charge is 2.30. The van der Waals surface area contributed by atoms with Gasteiger partial charge >= 0.3 is 0 Å². The van der Waals surface area contributed by atoms with Crippen molar-refractivity contribution in [2.75, 3.05) is 14.1 Å². The Bertz CT molecular complexity index is 826. The predicted octanol–water partition coefficient (Wildman–Crippen LogP) is 3.23. The second-order valence-electron chi connectivity index (χ2n) is 6.26. The monoisotopic (exact) mass is 351 g/mol. The van der Waals surface area contributed by atoms with E-state index in [1.54, 1.807) is 19.0 Å². The lowest BCUT2D eigenvalue weighted by Gasteiger charge is -2.31. The smallest absolute Gasteiger partial charge is 0.253 e. The van der Waals surface area contributed by atoms with Crippen molar-refractivity contribution in [1.29, 1.82) is 0 Å². The van der Waals surface area contributed by atoms with Crippen LogP contribution in [0, 0.1) is 0 Å². The van der Waals surface area contributed by atoms with Crippen molar-refractivity contribution in [1.82, 2.24) is 15.5 Å². The maximum Gasteiger partial charge on any atom is 0.253 e. The maximum absolute atomic E-state index is 12.6. The Hall–Kier alpha value is -2.66. The molecule has 4 nitrogen and oxygen atoms in total. The van der Waals surface area contributed by atoms with E-state index in [1.165, 1.54) is 5.56 Å². The molecule has 1 heterocycles. The summed E-state index contributed by atoms with van der Waals surface area (Å²) in [5.41, 5.74) is 4.79. The molecule has 0 fully saturated rings. The quantitative estimate of drug-likeness (QED) is 0.834. The largest absolute Gasteiger partial charge is 0.351 e. The number of likely N-dealkylation sites (N-methyl/N-ethyl adjacent to an activating group) is 1. The molecule has 1 aliphatic heterocycles. The van der Waals surface area contributed by atoms with Crippen LogP contribution in [0.4, 0.5) is 0 Å². The molecule has 0 saturated carbocycles. The van der Waals surface area contributed by atoms with E-state index in [-0.39, 0.29) is 11.9 Å². The molecule has 1 amide bonds. The van der Waals surface area contributed by atoms with Gasteiger partial charge in [-0.15, -0.1) is 0 Å². The summed E-state index contributed by atoms with van der Waals surface area (Å²) < 4.78 is 0. The Morgan fingerprint density at radius 1 is 1.00 bits per heavy atom. The van der Waals surface area contributed by atoms with Crippen molar-refractivity contribution >= 4 is 23.2 Å². The van der Waals surface area contributed by atoms with E-state index in [9.17, 15) is 4.79 Å². The molecule has 0 saturated heterocycles. The van der Waals surface area contributed by atoms with Crippen molar-refractivity contribution in [2.45, 2.75) is 13.0 Å². The summed E-state index contributed by atoms with van der Waals surface area (Å²) >= 11 is 5.29. The maximum atomic E-state index is 12.6. The molecule has 2 aromatic carbocycles. The van der Waals surface area contributed by atoms with Crippen LogP contribution in [0.5, 0.6) is 0 Å². The second kappa shape index (κ2) is 7.07. The van der Waals surface area contributed by atoms with Crippen LogP contribution in [0.15, 0.2) is 65.9 Å². The fourth-order valence-corrected chi connectivity index (χ4v) is 3.24. The zero-order valence-corrected chi connectivity index (χ0v) is 15.4. The highest BCUT2D eigenvalue weighted by Crippen LogP contribution is 2.29. The topological polar surface area (TPSA) is 44.4 Å². The normalized spacial score (nSPS) is 16.9. The average molecular weight is 351 g/mol. The van der Waals surface area contributed by atoms with Crippen LogP contribution in [-0.4, -0.2) is 30.0 Å². The summed E-state index contributed by atoms with van der Waals surface area (Å²) in [7, 11) is 3.51. The van der Waals surface area contributed by atoms with Gasteiger partial charge in [0.2, 0.25) is 0 Å². The van der Waals surface area contributed by atoms with Gasteiger partial charge in [0.15, 0.2) is 5.11 Å². The van der Waals surface area contributed by atoms with E-state index in [1.807, 2.05) is 37.3 Å². The van der Waals surface area contributed by atoms with Crippen LogP contribution in [0.3, 0.4) is 0 Å². The van der Waals surface area contributed by atoms with Gasteiger partial charge < -0.3 is 15.5 Å². The van der Waals surface area contributed by atoms with E-state index in [4.69, 9.17) is 12.2 Å². The fraction of sp³-hybridized carbons (Fsp3) is 0.200. The zero-order valence-electron chi connectivity index (χ0n) is 14.5. The number of allylic oxidation sites excluding steroid dienone is 1. The third kappa shape index (κ3) is 3.56. The molecule has 2 N–H and O–H groups in total. The summed E-state index contributed by atoms with van der Waals surface area (Å²) in [5, 5.41) is 6.81. The van der Waals surface area contributed by atoms with Crippen LogP contribution in [0.1, 0.15) is 18.5 Å². The SMILES string of the molecule is CC1=C(C(=O)N(C)C)[C@H](c2ccc(-c3ccccc3)cc2)NC(=S)N1. The molecule has 25 heavy (non-hydrogen) atoms. The van der Waals surface area contributed by atoms with Crippen LogP contribution in [0.25, 0.3) is 11.1 Å². The molecular weight excluding hydrogens is 330 g/mol. The molecule has 128 valence electrons. The van der Waals surface area contributed by atoms with Crippen molar-refractivity contribution in [3.8, 4) is 11.1 Å². The molecule has 2 aromatic rings. The van der Waals surface area contributed by atoms with Crippen LogP contribution in [0.2, 0.25) is 0 Å². The van der Waals surface area contributed by atoms with Gasteiger partial charge in [-0.05, 0) is 35.8 Å².